The normalized spacial score (nSPS) is 17.4. The molecule has 0 unspecified atom stereocenters. The first-order chi connectivity index (χ1) is 19.4. The molecular weight excluding hydrogens is 511 g/mol. The van der Waals surface area contributed by atoms with Gasteiger partial charge >= 0.3 is 6.03 Å². The maximum atomic E-state index is 14.1. The van der Waals surface area contributed by atoms with Crippen molar-refractivity contribution in [2.75, 3.05) is 37.7 Å². The molecule has 0 bridgehead atoms. The molecule has 2 saturated heterocycles. The summed E-state index contributed by atoms with van der Waals surface area (Å²) in [6, 6.07) is 12.2. The Morgan fingerprint density at radius 3 is 2.70 bits per heavy atom. The van der Waals surface area contributed by atoms with E-state index in [1.807, 2.05) is 47.2 Å². The lowest BCUT2D eigenvalue weighted by molar-refractivity contribution is 0.217. The van der Waals surface area contributed by atoms with E-state index >= 15 is 0 Å². The zero-order valence-corrected chi connectivity index (χ0v) is 22.8. The molecule has 2 amide bonds. The van der Waals surface area contributed by atoms with Crippen LogP contribution in [0, 0.1) is 12.9 Å². The number of fused-ring (bicyclic) bond motifs is 1. The van der Waals surface area contributed by atoms with Gasteiger partial charge in [-0.2, -0.15) is 9.49 Å². The fourth-order valence-electron chi connectivity index (χ4n) is 5.60. The van der Waals surface area contributed by atoms with Crippen LogP contribution < -0.4 is 15.0 Å². The molecule has 0 saturated carbocycles. The van der Waals surface area contributed by atoms with Crippen LogP contribution in [0.5, 0.6) is 5.75 Å². The van der Waals surface area contributed by atoms with Crippen molar-refractivity contribution in [1.29, 1.82) is 0 Å². The third-order valence-electron chi connectivity index (χ3n) is 7.92. The fraction of sp³-hybridized carbons (Fsp3) is 0.414. The number of hydrogen-bond donors (Lipinski definition) is 1. The second-order valence-corrected chi connectivity index (χ2v) is 10.8. The first-order valence-corrected chi connectivity index (χ1v) is 13.7. The fourth-order valence-corrected chi connectivity index (χ4v) is 5.60. The van der Waals surface area contributed by atoms with Crippen LogP contribution in [0.2, 0.25) is 0 Å². The molecule has 2 aliphatic rings. The van der Waals surface area contributed by atoms with Crippen molar-refractivity contribution in [3.05, 3.63) is 77.9 Å². The van der Waals surface area contributed by atoms with Gasteiger partial charge in [-0.1, -0.05) is 37.3 Å². The summed E-state index contributed by atoms with van der Waals surface area (Å²) in [6.45, 7) is 7.04. The van der Waals surface area contributed by atoms with Crippen LogP contribution in [0.4, 0.5) is 15.0 Å². The van der Waals surface area contributed by atoms with Gasteiger partial charge in [0.25, 0.3) is 5.95 Å². The number of carbonyl (C=O) groups is 1. The molecule has 4 aromatic rings. The van der Waals surface area contributed by atoms with Crippen molar-refractivity contribution in [2.24, 2.45) is 0 Å². The van der Waals surface area contributed by atoms with Gasteiger partial charge in [-0.25, -0.2) is 24.3 Å². The molecule has 1 aromatic carbocycles. The highest BCUT2D eigenvalue weighted by Gasteiger charge is 2.44. The van der Waals surface area contributed by atoms with Crippen LogP contribution >= 0.6 is 0 Å². The minimum Gasteiger partial charge on any atom is -0.491 e. The molecule has 3 aromatic heterocycles. The van der Waals surface area contributed by atoms with Gasteiger partial charge in [0.1, 0.15) is 5.75 Å². The van der Waals surface area contributed by atoms with Crippen LogP contribution in [0.15, 0.2) is 55.0 Å². The van der Waals surface area contributed by atoms with E-state index in [4.69, 9.17) is 9.72 Å². The topological polar surface area (TPSA) is 101 Å². The highest BCUT2D eigenvalue weighted by atomic mass is 19.1. The Morgan fingerprint density at radius 1 is 1.15 bits per heavy atom. The van der Waals surface area contributed by atoms with Gasteiger partial charge in [0.05, 0.1) is 18.3 Å². The van der Waals surface area contributed by atoms with Crippen molar-refractivity contribution in [3.63, 3.8) is 0 Å². The summed E-state index contributed by atoms with van der Waals surface area (Å²) in [7, 11) is 0. The van der Waals surface area contributed by atoms with Gasteiger partial charge in [0.2, 0.25) is 0 Å². The summed E-state index contributed by atoms with van der Waals surface area (Å²) in [5.41, 5.74) is 2.68. The lowest BCUT2D eigenvalue weighted by Gasteiger charge is -2.39. The number of anilines is 1. The molecule has 0 aliphatic carbocycles. The van der Waals surface area contributed by atoms with E-state index in [1.54, 1.807) is 4.52 Å². The molecule has 1 atom stereocenters. The van der Waals surface area contributed by atoms with E-state index in [0.717, 1.165) is 17.0 Å². The number of nitrogens with zero attached hydrogens (tertiary/aromatic N) is 7. The maximum Gasteiger partial charge on any atom is 0.317 e. The molecule has 10 nitrogen and oxygen atoms in total. The standard InChI is InChI=1S/C29H33FN8O2/c1-20-16-23(40-18-21(2)22-6-4-3-5-7-22)17-38-26(20)33-24(35-38)8-13-37-19-29(34-28(37)39)9-14-36(15-10-29)27-25(30)31-11-12-32-27/h3-7,11-12,16-17,21H,8-10,13-15,18-19H2,1-2H3,(H,34,39)/t21-/m0/s1. The number of urea groups is 1. The summed E-state index contributed by atoms with van der Waals surface area (Å²) in [5, 5.41) is 7.86. The maximum absolute atomic E-state index is 14.1. The SMILES string of the molecule is Cc1cc(OC[C@H](C)c2ccccc2)cn2nc(CCN3CC4(CCN(c5nccnc5F)CC4)NC3=O)nc12. The average molecular weight is 545 g/mol. The Kier molecular flexibility index (Phi) is 6.95. The molecule has 1 spiro atoms. The van der Waals surface area contributed by atoms with E-state index in [-0.39, 0.29) is 23.3 Å². The minimum absolute atomic E-state index is 0.0812. The number of hydrogen-bond acceptors (Lipinski definition) is 7. The summed E-state index contributed by atoms with van der Waals surface area (Å²) < 4.78 is 21.9. The van der Waals surface area contributed by atoms with Gasteiger partial charge < -0.3 is 19.9 Å². The van der Waals surface area contributed by atoms with Crippen molar-refractivity contribution in [1.82, 2.24) is 34.8 Å². The van der Waals surface area contributed by atoms with E-state index < -0.39 is 5.95 Å². The van der Waals surface area contributed by atoms with Gasteiger partial charge in [0.15, 0.2) is 17.3 Å². The van der Waals surface area contributed by atoms with Crippen molar-refractivity contribution in [2.45, 2.75) is 44.6 Å². The summed E-state index contributed by atoms with van der Waals surface area (Å²) in [6.07, 6.45) is 6.67. The van der Waals surface area contributed by atoms with E-state index in [0.29, 0.717) is 57.9 Å². The molecule has 1 N–H and O–H groups in total. The lowest BCUT2D eigenvalue weighted by atomic mass is 9.88. The Hall–Kier alpha value is -4.28. The number of rotatable bonds is 8. The predicted molar refractivity (Wildman–Crippen MR) is 148 cm³/mol. The van der Waals surface area contributed by atoms with E-state index in [1.165, 1.54) is 18.0 Å². The lowest BCUT2D eigenvalue weighted by Crippen LogP contribution is -2.53. The number of aromatic nitrogens is 5. The minimum atomic E-state index is -0.564. The Morgan fingerprint density at radius 2 is 1.93 bits per heavy atom. The molecule has 0 radical (unpaired) electrons. The zero-order chi connectivity index (χ0) is 27.7. The predicted octanol–water partition coefficient (Wildman–Crippen LogP) is 3.76. The number of benzene rings is 1. The average Bonchev–Trinajstić information content (AvgIpc) is 3.52. The molecule has 5 heterocycles. The number of halogens is 1. The molecular formula is C29H33FN8O2. The van der Waals surface area contributed by atoms with Crippen molar-refractivity contribution >= 4 is 17.5 Å². The van der Waals surface area contributed by atoms with Crippen LogP contribution in [0.25, 0.3) is 5.65 Å². The number of ether oxygens (including phenoxy) is 1. The Balaban J connectivity index is 1.05. The van der Waals surface area contributed by atoms with Gasteiger partial charge in [-0.15, -0.1) is 0 Å². The second kappa shape index (κ2) is 10.7. The van der Waals surface area contributed by atoms with E-state index in [2.05, 4.69) is 39.4 Å². The van der Waals surface area contributed by atoms with Gasteiger partial charge in [-0.3, -0.25) is 0 Å². The van der Waals surface area contributed by atoms with Crippen LogP contribution in [0.1, 0.15) is 42.6 Å². The number of amides is 2. The summed E-state index contributed by atoms with van der Waals surface area (Å²) in [5.74, 6) is 1.40. The zero-order valence-electron chi connectivity index (χ0n) is 22.8. The molecule has 208 valence electrons. The quantitative estimate of drug-likeness (QED) is 0.361. The Labute approximate surface area is 232 Å². The summed E-state index contributed by atoms with van der Waals surface area (Å²) >= 11 is 0. The van der Waals surface area contributed by atoms with Crippen molar-refractivity contribution < 1.29 is 13.9 Å². The number of nitrogens with one attached hydrogen (secondary N) is 1. The van der Waals surface area contributed by atoms with Crippen LogP contribution in [0.3, 0.4) is 0 Å². The molecule has 6 rings (SSSR count). The van der Waals surface area contributed by atoms with E-state index in [9.17, 15) is 9.18 Å². The third kappa shape index (κ3) is 5.28. The number of piperidine rings is 1. The molecule has 2 aliphatic heterocycles. The van der Waals surface area contributed by atoms with Gasteiger partial charge in [0, 0.05) is 50.9 Å². The van der Waals surface area contributed by atoms with Crippen LogP contribution in [-0.2, 0) is 6.42 Å². The van der Waals surface area contributed by atoms with Crippen molar-refractivity contribution in [3.8, 4) is 5.75 Å². The smallest absolute Gasteiger partial charge is 0.317 e. The number of aryl methyl sites for hydroxylation is 1. The van der Waals surface area contributed by atoms with Crippen LogP contribution in [-0.4, -0.2) is 73.8 Å². The second-order valence-electron chi connectivity index (χ2n) is 10.8. The number of carbonyl (C=O) groups excluding carboxylic acids is 1. The van der Waals surface area contributed by atoms with Gasteiger partial charge in [-0.05, 0) is 37.0 Å². The Bertz CT molecular complexity index is 1500. The monoisotopic (exact) mass is 544 g/mol. The molecule has 40 heavy (non-hydrogen) atoms. The highest BCUT2D eigenvalue weighted by molar-refractivity contribution is 5.78. The largest absolute Gasteiger partial charge is 0.491 e. The third-order valence-corrected chi connectivity index (χ3v) is 7.92. The molecule has 2 fully saturated rings. The summed E-state index contributed by atoms with van der Waals surface area (Å²) in [4.78, 5) is 29.1. The number of pyridine rings is 1. The molecule has 11 heteroatoms. The first kappa shape index (κ1) is 26.0. The first-order valence-electron chi connectivity index (χ1n) is 13.7. The highest BCUT2D eigenvalue weighted by Crippen LogP contribution is 2.30.